The Labute approximate surface area is 265 Å². The lowest BCUT2D eigenvalue weighted by Gasteiger charge is -2.28. The Morgan fingerprint density at radius 3 is 2.49 bits per heavy atom. The predicted molar refractivity (Wildman–Crippen MR) is 161 cm³/mol. The molecule has 3 amide bonds. The van der Waals surface area contributed by atoms with Crippen LogP contribution in [-0.2, 0) is 23.9 Å². The van der Waals surface area contributed by atoms with E-state index in [0.717, 1.165) is 6.07 Å². The van der Waals surface area contributed by atoms with Gasteiger partial charge in [0.25, 0.3) is 5.91 Å². The average molecular weight is 692 g/mol. The molecule has 0 radical (unpaired) electrons. The Morgan fingerprint density at radius 2 is 1.82 bits per heavy atom. The summed E-state index contributed by atoms with van der Waals surface area (Å²) in [6.45, 7) is 4.16. The number of urea groups is 1. The van der Waals surface area contributed by atoms with Crippen molar-refractivity contribution in [3.63, 3.8) is 0 Å². The van der Waals surface area contributed by atoms with Crippen molar-refractivity contribution >= 4 is 51.7 Å². The topological polar surface area (TPSA) is 206 Å². The molecule has 0 aromatic heterocycles. The number of nitro groups is 1. The lowest BCUT2D eigenvalue weighted by molar-refractivity contribution is -0.385. The molecular weight excluding hydrogens is 662 g/mol. The van der Waals surface area contributed by atoms with Crippen LogP contribution in [-0.4, -0.2) is 68.6 Å². The maximum absolute atomic E-state index is 12.6. The summed E-state index contributed by atoms with van der Waals surface area (Å²) in [6.07, 6.45) is 1.17. The lowest BCUT2D eigenvalue weighted by atomic mass is 9.95. The van der Waals surface area contributed by atoms with Gasteiger partial charge in [-0.15, -0.1) is 0 Å². The Morgan fingerprint density at radius 1 is 1.09 bits per heavy atom. The molecule has 0 aliphatic carbocycles. The smallest absolute Gasteiger partial charge is 0.344 e. The van der Waals surface area contributed by atoms with E-state index in [1.54, 1.807) is 32.9 Å². The van der Waals surface area contributed by atoms with E-state index in [4.69, 9.17) is 23.7 Å². The number of esters is 2. The van der Waals surface area contributed by atoms with Crippen molar-refractivity contribution in [2.24, 2.45) is 5.10 Å². The summed E-state index contributed by atoms with van der Waals surface area (Å²) in [5.41, 5.74) is 3.13. The molecule has 0 saturated heterocycles. The number of carbonyl (C=O) groups is 4. The molecular formula is C28H30BrN5O11. The minimum Gasteiger partial charge on any atom is -0.493 e. The first-order chi connectivity index (χ1) is 21.5. The van der Waals surface area contributed by atoms with Gasteiger partial charge in [-0.2, -0.15) is 5.10 Å². The van der Waals surface area contributed by atoms with E-state index in [9.17, 15) is 29.3 Å². The summed E-state index contributed by atoms with van der Waals surface area (Å²) < 4.78 is 26.3. The molecule has 1 aliphatic rings. The van der Waals surface area contributed by atoms with E-state index in [2.05, 4.69) is 37.1 Å². The number of nitrogens with zero attached hydrogens (tertiary/aromatic N) is 2. The average Bonchev–Trinajstić information content (AvgIpc) is 2.98. The number of halogens is 1. The quantitative estimate of drug-likeness (QED) is 0.114. The second-order valence-corrected chi connectivity index (χ2v) is 9.84. The zero-order valence-electron chi connectivity index (χ0n) is 24.6. The molecule has 1 aliphatic heterocycles. The molecule has 2 aromatic carbocycles. The lowest BCUT2D eigenvalue weighted by Crippen LogP contribution is -2.45. The molecule has 1 atom stereocenters. The Kier molecular flexibility index (Phi) is 12.2. The van der Waals surface area contributed by atoms with Crippen molar-refractivity contribution in [2.45, 2.75) is 26.8 Å². The van der Waals surface area contributed by atoms with Crippen molar-refractivity contribution < 1.29 is 47.8 Å². The van der Waals surface area contributed by atoms with E-state index in [1.807, 2.05) is 0 Å². The molecule has 0 unspecified atom stereocenters. The molecule has 240 valence electrons. The maximum Gasteiger partial charge on any atom is 0.344 e. The van der Waals surface area contributed by atoms with E-state index in [1.165, 1.54) is 25.5 Å². The Hall–Kier alpha value is -5.19. The van der Waals surface area contributed by atoms with Crippen LogP contribution in [0.5, 0.6) is 17.2 Å². The molecule has 3 N–H and O–H groups in total. The number of amides is 3. The van der Waals surface area contributed by atoms with Gasteiger partial charge in [0.15, 0.2) is 24.7 Å². The molecule has 1 heterocycles. The molecule has 0 spiro atoms. The number of rotatable bonds is 14. The van der Waals surface area contributed by atoms with Gasteiger partial charge in [0.2, 0.25) is 5.75 Å². The number of allylic oxidation sites excluding steroid dienone is 1. The summed E-state index contributed by atoms with van der Waals surface area (Å²) in [6, 6.07) is 5.94. The monoisotopic (exact) mass is 691 g/mol. The van der Waals surface area contributed by atoms with Crippen molar-refractivity contribution in [3.8, 4) is 17.2 Å². The molecule has 45 heavy (non-hydrogen) atoms. The highest BCUT2D eigenvalue weighted by Gasteiger charge is 2.32. The second-order valence-electron chi connectivity index (χ2n) is 8.98. The van der Waals surface area contributed by atoms with Gasteiger partial charge in [-0.25, -0.2) is 19.8 Å². The third kappa shape index (κ3) is 9.15. The SMILES string of the molecule is CCOC(=O)COc1c(Br)cc(/C=N/NC(=O)COc2ccc([C@@H]3NC(=O)NC(C)=C3C(=O)OCC)cc2OC)cc1[N+](=O)[O-]. The number of carbonyl (C=O) groups excluding carboxylic acids is 4. The van der Waals surface area contributed by atoms with Crippen LogP contribution < -0.4 is 30.3 Å². The fourth-order valence-corrected chi connectivity index (χ4v) is 4.63. The number of benzene rings is 2. The first-order valence-corrected chi connectivity index (χ1v) is 14.1. The second kappa shape index (κ2) is 16.0. The summed E-state index contributed by atoms with van der Waals surface area (Å²) in [5, 5.41) is 20.6. The predicted octanol–water partition coefficient (Wildman–Crippen LogP) is 3.03. The van der Waals surface area contributed by atoms with Crippen LogP contribution in [0.1, 0.15) is 37.9 Å². The normalized spacial score (nSPS) is 14.2. The summed E-state index contributed by atoms with van der Waals surface area (Å²) in [4.78, 5) is 59.6. The minimum atomic E-state index is -0.826. The van der Waals surface area contributed by atoms with Crippen LogP contribution in [0.25, 0.3) is 0 Å². The molecule has 0 fully saturated rings. The van der Waals surface area contributed by atoms with Crippen LogP contribution >= 0.6 is 15.9 Å². The highest BCUT2D eigenvalue weighted by atomic mass is 79.9. The number of ether oxygens (including phenoxy) is 5. The molecule has 17 heteroatoms. The van der Waals surface area contributed by atoms with Crippen molar-refractivity contribution in [1.29, 1.82) is 0 Å². The largest absolute Gasteiger partial charge is 0.493 e. The van der Waals surface area contributed by atoms with E-state index in [0.29, 0.717) is 11.3 Å². The molecule has 2 aromatic rings. The van der Waals surface area contributed by atoms with E-state index in [-0.39, 0.29) is 46.1 Å². The van der Waals surface area contributed by atoms with Crippen LogP contribution in [0.4, 0.5) is 10.5 Å². The van der Waals surface area contributed by atoms with Gasteiger partial charge in [0.1, 0.15) is 0 Å². The Bertz CT molecular complexity index is 1540. The highest BCUT2D eigenvalue weighted by molar-refractivity contribution is 9.10. The van der Waals surface area contributed by atoms with E-state index < -0.39 is 53.7 Å². The van der Waals surface area contributed by atoms with Gasteiger partial charge in [-0.1, -0.05) is 6.07 Å². The van der Waals surface area contributed by atoms with Crippen LogP contribution in [0, 0.1) is 10.1 Å². The number of nitro benzene ring substituents is 1. The number of hydrogen-bond donors (Lipinski definition) is 3. The molecule has 3 rings (SSSR count). The standard InChI is InChI=1S/C28H30BrN5O11/c1-5-42-23(36)14-45-26-18(29)9-16(10-19(26)34(39)40)12-30-33-22(35)13-44-20-8-7-17(11-21(20)41-4)25-24(27(37)43-6-2)15(3)31-28(38)32-25/h7-12,25H,5-6,13-14H2,1-4H3,(H,33,35)(H2,31,32,38)/b30-12+/t25-/m0/s1. The summed E-state index contributed by atoms with van der Waals surface area (Å²) in [7, 11) is 1.38. The van der Waals surface area contributed by atoms with Crippen LogP contribution in [0.3, 0.4) is 0 Å². The van der Waals surface area contributed by atoms with Gasteiger partial charge in [-0.3, -0.25) is 14.9 Å². The van der Waals surface area contributed by atoms with Crippen LogP contribution in [0.2, 0.25) is 0 Å². The van der Waals surface area contributed by atoms with Gasteiger partial charge in [0.05, 0.1) is 47.5 Å². The van der Waals surface area contributed by atoms with Gasteiger partial charge >= 0.3 is 23.7 Å². The molecule has 0 bridgehead atoms. The third-order valence-corrected chi connectivity index (χ3v) is 6.52. The van der Waals surface area contributed by atoms with Crippen molar-refractivity contribution in [2.75, 3.05) is 33.5 Å². The van der Waals surface area contributed by atoms with Gasteiger partial charge < -0.3 is 34.3 Å². The number of nitrogens with one attached hydrogen (secondary N) is 3. The van der Waals surface area contributed by atoms with Crippen LogP contribution in [0.15, 0.2) is 51.2 Å². The third-order valence-electron chi connectivity index (χ3n) is 5.93. The van der Waals surface area contributed by atoms with Crippen molar-refractivity contribution in [1.82, 2.24) is 16.1 Å². The zero-order valence-corrected chi connectivity index (χ0v) is 26.2. The molecule has 0 saturated carbocycles. The first-order valence-electron chi connectivity index (χ1n) is 13.3. The maximum atomic E-state index is 12.6. The minimum absolute atomic E-state index is 0.133. The zero-order chi connectivity index (χ0) is 33.1. The number of hydrazone groups is 1. The van der Waals surface area contributed by atoms with Gasteiger partial charge in [0, 0.05) is 17.3 Å². The number of methoxy groups -OCH3 is 1. The summed E-state index contributed by atoms with van der Waals surface area (Å²) in [5.74, 6) is -1.70. The number of hydrogen-bond acceptors (Lipinski definition) is 12. The fourth-order valence-electron chi connectivity index (χ4n) is 4.05. The highest BCUT2D eigenvalue weighted by Crippen LogP contribution is 2.36. The molecule has 16 nitrogen and oxygen atoms in total. The van der Waals surface area contributed by atoms with E-state index >= 15 is 0 Å². The van der Waals surface area contributed by atoms with Crippen molar-refractivity contribution in [3.05, 3.63) is 67.3 Å². The Balaban J connectivity index is 1.67. The fraction of sp³-hybridized carbons (Fsp3) is 0.321. The van der Waals surface area contributed by atoms with Gasteiger partial charge in [-0.05, 0) is 60.5 Å². The first kappa shape index (κ1) is 34.3. The summed E-state index contributed by atoms with van der Waals surface area (Å²) >= 11 is 3.18.